The molecule has 1 unspecified atom stereocenters. The van der Waals surface area contributed by atoms with Crippen LogP contribution in [0.3, 0.4) is 0 Å². The second-order valence-electron chi connectivity index (χ2n) is 5.57. The Morgan fingerprint density at radius 1 is 1.37 bits per heavy atom. The van der Waals surface area contributed by atoms with Gasteiger partial charge in [0.2, 0.25) is 10.0 Å². The summed E-state index contributed by atoms with van der Waals surface area (Å²) in [5, 5.41) is 0. The van der Waals surface area contributed by atoms with Gasteiger partial charge in [-0.15, -0.1) is 0 Å². The van der Waals surface area contributed by atoms with Crippen molar-refractivity contribution in [1.29, 1.82) is 0 Å². The largest absolute Gasteiger partial charge is 0.243 e. The highest BCUT2D eigenvalue weighted by atomic mass is 79.9. The summed E-state index contributed by atoms with van der Waals surface area (Å²) in [6.07, 6.45) is 0.962. The molecular weight excluding hydrogens is 326 g/mol. The van der Waals surface area contributed by atoms with Crippen LogP contribution in [0.1, 0.15) is 25.8 Å². The summed E-state index contributed by atoms with van der Waals surface area (Å²) in [7, 11) is -3.35. The van der Waals surface area contributed by atoms with Gasteiger partial charge in [0.25, 0.3) is 0 Å². The first-order valence-electron chi connectivity index (χ1n) is 6.58. The van der Waals surface area contributed by atoms with Crippen LogP contribution in [0.2, 0.25) is 0 Å². The molecular formula is C14H20BrNO2S. The monoisotopic (exact) mass is 345 g/mol. The molecule has 1 saturated heterocycles. The van der Waals surface area contributed by atoms with Gasteiger partial charge in [0.05, 0.1) is 4.90 Å². The van der Waals surface area contributed by atoms with Crippen LogP contribution < -0.4 is 0 Å². The summed E-state index contributed by atoms with van der Waals surface area (Å²) in [6, 6.07) is 5.41. The lowest BCUT2D eigenvalue weighted by atomic mass is 9.96. The molecule has 1 heterocycles. The first kappa shape index (κ1) is 15.0. The molecule has 0 spiro atoms. The van der Waals surface area contributed by atoms with Crippen molar-refractivity contribution in [3.8, 4) is 0 Å². The zero-order valence-electron chi connectivity index (χ0n) is 11.6. The summed E-state index contributed by atoms with van der Waals surface area (Å²) in [6.45, 7) is 7.44. The van der Waals surface area contributed by atoms with E-state index in [4.69, 9.17) is 0 Å². The zero-order chi connectivity index (χ0) is 14.2. The van der Waals surface area contributed by atoms with Gasteiger partial charge in [-0.1, -0.05) is 35.8 Å². The molecule has 1 fully saturated rings. The molecule has 0 aromatic heterocycles. The van der Waals surface area contributed by atoms with Crippen molar-refractivity contribution in [2.24, 2.45) is 11.8 Å². The van der Waals surface area contributed by atoms with E-state index in [1.165, 1.54) is 0 Å². The quantitative estimate of drug-likeness (QED) is 0.841. The number of halogens is 1. The van der Waals surface area contributed by atoms with Crippen LogP contribution in [0.15, 0.2) is 27.6 Å². The van der Waals surface area contributed by atoms with E-state index < -0.39 is 10.0 Å². The summed E-state index contributed by atoms with van der Waals surface area (Å²) in [4.78, 5) is 0.422. The van der Waals surface area contributed by atoms with Crippen LogP contribution in [-0.4, -0.2) is 25.8 Å². The Balaban J connectivity index is 2.31. The first-order chi connectivity index (χ1) is 8.82. The zero-order valence-corrected chi connectivity index (χ0v) is 14.0. The first-order valence-corrected chi connectivity index (χ1v) is 8.82. The molecule has 1 aromatic rings. The van der Waals surface area contributed by atoms with Crippen molar-refractivity contribution >= 4 is 26.0 Å². The number of sulfonamides is 1. The van der Waals surface area contributed by atoms with E-state index in [2.05, 4.69) is 29.8 Å². The Kier molecular flexibility index (Phi) is 4.38. The molecule has 0 radical (unpaired) electrons. The summed E-state index contributed by atoms with van der Waals surface area (Å²) < 4.78 is 27.8. The van der Waals surface area contributed by atoms with Crippen LogP contribution in [0.25, 0.3) is 0 Å². The standard InChI is InChI=1S/C14H20BrNO2S/c1-10(2)12-6-7-16(9-12)19(17,18)14-8-13(15)5-4-11(14)3/h4-5,8,10,12H,6-7,9H2,1-3H3. The van der Waals surface area contributed by atoms with Gasteiger partial charge in [-0.2, -0.15) is 4.31 Å². The van der Waals surface area contributed by atoms with Gasteiger partial charge in [-0.25, -0.2) is 8.42 Å². The average Bonchev–Trinajstić information content (AvgIpc) is 2.82. The Labute approximate surface area is 124 Å². The number of hydrogen-bond donors (Lipinski definition) is 0. The van der Waals surface area contributed by atoms with Crippen molar-refractivity contribution in [2.45, 2.75) is 32.1 Å². The van der Waals surface area contributed by atoms with E-state index in [1.807, 2.05) is 19.1 Å². The third-order valence-electron chi connectivity index (χ3n) is 3.90. The highest BCUT2D eigenvalue weighted by molar-refractivity contribution is 9.10. The van der Waals surface area contributed by atoms with Crippen LogP contribution in [-0.2, 0) is 10.0 Å². The van der Waals surface area contributed by atoms with Crippen molar-refractivity contribution < 1.29 is 8.42 Å². The third-order valence-corrected chi connectivity index (χ3v) is 6.40. The van der Waals surface area contributed by atoms with E-state index in [0.717, 1.165) is 16.5 Å². The normalized spacial score (nSPS) is 21.2. The summed E-state index contributed by atoms with van der Waals surface area (Å²) in [5.41, 5.74) is 0.802. The number of rotatable bonds is 3. The van der Waals surface area contributed by atoms with Gasteiger partial charge in [0.1, 0.15) is 0 Å². The number of benzene rings is 1. The van der Waals surface area contributed by atoms with Gasteiger partial charge in [0, 0.05) is 17.6 Å². The van der Waals surface area contributed by atoms with Crippen LogP contribution in [0.5, 0.6) is 0 Å². The molecule has 3 nitrogen and oxygen atoms in total. The smallest absolute Gasteiger partial charge is 0.207 e. The Hall–Kier alpha value is -0.390. The van der Waals surface area contributed by atoms with Gasteiger partial charge < -0.3 is 0 Å². The maximum atomic E-state index is 12.7. The number of nitrogens with zero attached hydrogens (tertiary/aromatic N) is 1. The van der Waals surface area contributed by atoms with E-state index in [-0.39, 0.29) is 0 Å². The minimum absolute atomic E-state index is 0.422. The minimum atomic E-state index is -3.35. The Morgan fingerprint density at radius 3 is 2.63 bits per heavy atom. The molecule has 1 atom stereocenters. The lowest BCUT2D eigenvalue weighted by Crippen LogP contribution is -2.30. The molecule has 0 N–H and O–H groups in total. The number of aryl methyl sites for hydroxylation is 1. The predicted octanol–water partition coefficient (Wildman–Crippen LogP) is 3.42. The Morgan fingerprint density at radius 2 is 2.05 bits per heavy atom. The third kappa shape index (κ3) is 3.03. The molecule has 0 amide bonds. The van der Waals surface area contributed by atoms with Crippen LogP contribution >= 0.6 is 15.9 Å². The second-order valence-corrected chi connectivity index (χ2v) is 8.39. The van der Waals surface area contributed by atoms with Crippen molar-refractivity contribution in [3.05, 3.63) is 28.2 Å². The molecule has 1 aliphatic heterocycles. The van der Waals surface area contributed by atoms with Gasteiger partial charge in [0.15, 0.2) is 0 Å². The lowest BCUT2D eigenvalue weighted by Gasteiger charge is -2.19. The van der Waals surface area contributed by atoms with Crippen LogP contribution in [0.4, 0.5) is 0 Å². The highest BCUT2D eigenvalue weighted by Crippen LogP contribution is 2.30. The molecule has 0 bridgehead atoms. The molecule has 2 rings (SSSR count). The van der Waals surface area contributed by atoms with Gasteiger partial charge in [-0.3, -0.25) is 0 Å². The molecule has 1 aliphatic rings. The van der Waals surface area contributed by atoms with Gasteiger partial charge in [-0.05, 0) is 42.9 Å². The predicted molar refractivity (Wildman–Crippen MR) is 80.6 cm³/mol. The molecule has 5 heteroatoms. The summed E-state index contributed by atoms with van der Waals surface area (Å²) >= 11 is 3.35. The average molecular weight is 346 g/mol. The maximum absolute atomic E-state index is 12.7. The molecule has 106 valence electrons. The summed E-state index contributed by atoms with van der Waals surface area (Å²) in [5.74, 6) is 1.01. The fraction of sp³-hybridized carbons (Fsp3) is 0.571. The SMILES string of the molecule is Cc1ccc(Br)cc1S(=O)(=O)N1CCC(C(C)C)C1. The van der Waals surface area contributed by atoms with Crippen molar-refractivity contribution in [2.75, 3.05) is 13.1 Å². The minimum Gasteiger partial charge on any atom is -0.207 e. The molecule has 0 aliphatic carbocycles. The van der Waals surface area contributed by atoms with Crippen LogP contribution in [0, 0.1) is 18.8 Å². The molecule has 19 heavy (non-hydrogen) atoms. The second kappa shape index (κ2) is 5.54. The fourth-order valence-corrected chi connectivity index (χ4v) is 4.78. The molecule has 0 saturated carbocycles. The molecule has 1 aromatic carbocycles. The fourth-order valence-electron chi connectivity index (χ4n) is 2.51. The lowest BCUT2D eigenvalue weighted by molar-refractivity contribution is 0.388. The topological polar surface area (TPSA) is 37.4 Å². The number of hydrogen-bond acceptors (Lipinski definition) is 2. The van der Waals surface area contributed by atoms with E-state index in [0.29, 0.717) is 29.8 Å². The van der Waals surface area contributed by atoms with Crippen molar-refractivity contribution in [1.82, 2.24) is 4.31 Å². The van der Waals surface area contributed by atoms with E-state index >= 15 is 0 Å². The van der Waals surface area contributed by atoms with E-state index in [1.54, 1.807) is 10.4 Å². The van der Waals surface area contributed by atoms with E-state index in [9.17, 15) is 8.42 Å². The van der Waals surface area contributed by atoms with Crippen molar-refractivity contribution in [3.63, 3.8) is 0 Å². The highest BCUT2D eigenvalue weighted by Gasteiger charge is 2.34. The Bertz CT molecular complexity index is 569. The maximum Gasteiger partial charge on any atom is 0.243 e. The van der Waals surface area contributed by atoms with Gasteiger partial charge >= 0.3 is 0 Å².